The Labute approximate surface area is 179 Å². The van der Waals surface area contributed by atoms with Gasteiger partial charge in [0.15, 0.2) is 11.4 Å². The van der Waals surface area contributed by atoms with E-state index in [0.717, 1.165) is 48.6 Å². The normalized spacial score (nSPS) is 30.1. The van der Waals surface area contributed by atoms with Crippen molar-refractivity contribution < 1.29 is 29.3 Å². The van der Waals surface area contributed by atoms with E-state index in [1.165, 1.54) is 0 Å². The molecule has 0 bridgehead atoms. The number of nitrogens with one attached hydrogen (secondary N) is 2. The van der Waals surface area contributed by atoms with E-state index in [1.54, 1.807) is 14.2 Å². The van der Waals surface area contributed by atoms with Crippen LogP contribution in [-0.4, -0.2) is 70.0 Å². The fourth-order valence-corrected chi connectivity index (χ4v) is 5.69. The summed E-state index contributed by atoms with van der Waals surface area (Å²) in [7, 11) is 3.40. The summed E-state index contributed by atoms with van der Waals surface area (Å²) in [6, 6.07) is 0. The highest BCUT2D eigenvalue weighted by Crippen LogP contribution is 2.62. The fraction of sp³-hybridized carbons (Fsp3) is 0.619. The minimum Gasteiger partial charge on any atom is -0.476 e. The number of methoxy groups -OCH3 is 2. The van der Waals surface area contributed by atoms with Crippen molar-refractivity contribution >= 4 is 11.9 Å². The molecule has 0 aromatic carbocycles. The standard InChI is InChI=1S/2C10H12N2O3.CH4/c2*1-15-3-6-4-2-5-8(7(4)6)11-12-9(5)10(13)14;/h2*4,6-7H,2-3H2,1H3,(H,11,12)(H,13,14);1H4/t4-,6+,7-;4-,6-,7-;/m11./s1. The molecule has 10 nitrogen and oxygen atoms in total. The summed E-state index contributed by atoms with van der Waals surface area (Å²) >= 11 is 0. The van der Waals surface area contributed by atoms with Crippen LogP contribution in [0.2, 0.25) is 0 Å². The third-order valence-corrected chi connectivity index (χ3v) is 7.13. The molecule has 31 heavy (non-hydrogen) atoms. The molecule has 4 N–H and O–H groups in total. The second kappa shape index (κ2) is 7.76. The Morgan fingerprint density at radius 1 is 0.871 bits per heavy atom. The van der Waals surface area contributed by atoms with Crippen molar-refractivity contribution in [3.8, 4) is 0 Å². The lowest BCUT2D eigenvalue weighted by atomic mass is 10.1. The molecule has 2 aromatic rings. The molecule has 6 atom stereocenters. The Morgan fingerprint density at radius 3 is 1.58 bits per heavy atom. The molecule has 0 unspecified atom stereocenters. The summed E-state index contributed by atoms with van der Waals surface area (Å²) in [6.07, 6.45) is 1.68. The molecule has 0 radical (unpaired) electrons. The molecule has 2 aromatic heterocycles. The quantitative estimate of drug-likeness (QED) is 0.540. The van der Waals surface area contributed by atoms with E-state index in [9.17, 15) is 9.59 Å². The predicted octanol–water partition coefficient (Wildman–Crippen LogP) is 1.92. The number of carboxylic acid groups (broad SMARTS) is 2. The van der Waals surface area contributed by atoms with E-state index < -0.39 is 11.9 Å². The van der Waals surface area contributed by atoms with Crippen LogP contribution in [0.3, 0.4) is 0 Å². The van der Waals surface area contributed by atoms with Crippen molar-refractivity contribution in [2.75, 3.05) is 27.4 Å². The predicted molar refractivity (Wildman–Crippen MR) is 108 cm³/mol. The van der Waals surface area contributed by atoms with Crippen LogP contribution in [0.1, 0.15) is 62.8 Å². The fourth-order valence-electron chi connectivity index (χ4n) is 5.69. The Bertz CT molecular complexity index is 933. The number of carbonyl (C=O) groups is 2. The van der Waals surface area contributed by atoms with Gasteiger partial charge in [-0.2, -0.15) is 10.2 Å². The van der Waals surface area contributed by atoms with Gasteiger partial charge < -0.3 is 19.7 Å². The van der Waals surface area contributed by atoms with Gasteiger partial charge in [-0.1, -0.05) is 7.43 Å². The number of aromatic amines is 2. The number of hydrogen-bond acceptors (Lipinski definition) is 6. The van der Waals surface area contributed by atoms with Crippen molar-refractivity contribution in [2.24, 2.45) is 23.7 Å². The summed E-state index contributed by atoms with van der Waals surface area (Å²) in [5, 5.41) is 31.2. The van der Waals surface area contributed by atoms with Crippen LogP contribution >= 0.6 is 0 Å². The maximum Gasteiger partial charge on any atom is 0.356 e. The maximum absolute atomic E-state index is 10.8. The molecule has 0 aliphatic heterocycles. The maximum atomic E-state index is 10.8. The highest BCUT2D eigenvalue weighted by atomic mass is 16.5. The molecule has 0 amide bonds. The zero-order chi connectivity index (χ0) is 21.2. The number of aromatic carboxylic acids is 2. The Hall–Kier alpha value is -2.72. The zero-order valence-electron chi connectivity index (χ0n) is 16.7. The second-order valence-corrected chi connectivity index (χ2v) is 8.57. The van der Waals surface area contributed by atoms with Crippen LogP contribution in [0.25, 0.3) is 0 Å². The van der Waals surface area contributed by atoms with Gasteiger partial charge in [-0.3, -0.25) is 10.2 Å². The largest absolute Gasteiger partial charge is 0.476 e. The van der Waals surface area contributed by atoms with E-state index in [1.807, 2.05) is 0 Å². The van der Waals surface area contributed by atoms with E-state index >= 15 is 0 Å². The minimum atomic E-state index is -0.933. The van der Waals surface area contributed by atoms with E-state index in [2.05, 4.69) is 20.4 Å². The number of carboxylic acids is 2. The third-order valence-electron chi connectivity index (χ3n) is 7.13. The summed E-state index contributed by atoms with van der Waals surface area (Å²) in [5.74, 6) is 1.32. The molecule has 4 aliphatic carbocycles. The Kier molecular flexibility index (Phi) is 5.38. The minimum absolute atomic E-state index is 0. The highest BCUT2D eigenvalue weighted by Gasteiger charge is 2.58. The van der Waals surface area contributed by atoms with Crippen LogP contribution in [0, 0.1) is 23.7 Å². The number of hydrogen-bond donors (Lipinski definition) is 4. The van der Waals surface area contributed by atoms with Crippen molar-refractivity contribution in [3.05, 3.63) is 33.9 Å². The average molecular weight is 432 g/mol. The van der Waals surface area contributed by atoms with Gasteiger partial charge in [0.05, 0.1) is 0 Å². The molecule has 0 saturated heterocycles. The van der Waals surface area contributed by atoms with E-state index in [0.29, 0.717) is 35.5 Å². The van der Waals surface area contributed by atoms with Gasteiger partial charge in [0.1, 0.15) is 0 Å². The summed E-state index contributed by atoms with van der Waals surface area (Å²) < 4.78 is 10.2. The number of ether oxygens (including phenoxy) is 2. The van der Waals surface area contributed by atoms with E-state index in [-0.39, 0.29) is 18.8 Å². The number of fused-ring (bicyclic) bond motifs is 6. The topological polar surface area (TPSA) is 150 Å². The molecular weight excluding hydrogens is 404 g/mol. The lowest BCUT2D eigenvalue weighted by Crippen LogP contribution is -2.04. The van der Waals surface area contributed by atoms with Gasteiger partial charge in [0, 0.05) is 61.8 Å². The molecule has 0 spiro atoms. The first-order valence-corrected chi connectivity index (χ1v) is 10.1. The first kappa shape index (κ1) is 21.5. The molecule has 4 aliphatic rings. The van der Waals surface area contributed by atoms with Crippen molar-refractivity contribution in [1.29, 1.82) is 0 Å². The van der Waals surface area contributed by atoms with Gasteiger partial charge >= 0.3 is 11.9 Å². The lowest BCUT2D eigenvalue weighted by molar-refractivity contribution is 0.0678. The van der Waals surface area contributed by atoms with E-state index in [4.69, 9.17) is 19.7 Å². The first-order valence-electron chi connectivity index (χ1n) is 10.1. The Morgan fingerprint density at radius 2 is 1.26 bits per heavy atom. The van der Waals surface area contributed by atoms with Gasteiger partial charge in [0.2, 0.25) is 0 Å². The van der Waals surface area contributed by atoms with Gasteiger partial charge in [-0.05, 0) is 36.5 Å². The molecule has 10 heteroatoms. The molecule has 2 saturated carbocycles. The molecule has 2 fully saturated rings. The van der Waals surface area contributed by atoms with Crippen molar-refractivity contribution in [3.63, 3.8) is 0 Å². The number of H-pyrrole nitrogens is 2. The van der Waals surface area contributed by atoms with Crippen LogP contribution < -0.4 is 0 Å². The van der Waals surface area contributed by atoms with Crippen LogP contribution in [-0.2, 0) is 22.3 Å². The summed E-state index contributed by atoms with van der Waals surface area (Å²) in [4.78, 5) is 21.7. The van der Waals surface area contributed by atoms with Crippen LogP contribution in [0.15, 0.2) is 0 Å². The van der Waals surface area contributed by atoms with Crippen molar-refractivity contribution in [1.82, 2.24) is 20.4 Å². The summed E-state index contributed by atoms with van der Waals surface area (Å²) in [5.41, 5.74) is 4.27. The third kappa shape index (κ3) is 3.25. The number of nitrogens with zero attached hydrogens (tertiary/aromatic N) is 2. The monoisotopic (exact) mass is 432 g/mol. The highest BCUT2D eigenvalue weighted by molar-refractivity contribution is 5.88. The second-order valence-electron chi connectivity index (χ2n) is 8.57. The molecular formula is C21H28N4O6. The zero-order valence-corrected chi connectivity index (χ0v) is 16.7. The van der Waals surface area contributed by atoms with Crippen LogP contribution in [0.5, 0.6) is 0 Å². The van der Waals surface area contributed by atoms with Gasteiger partial charge in [-0.15, -0.1) is 0 Å². The first-order chi connectivity index (χ1) is 14.5. The van der Waals surface area contributed by atoms with Gasteiger partial charge in [0.25, 0.3) is 0 Å². The number of rotatable bonds is 6. The summed E-state index contributed by atoms with van der Waals surface area (Å²) in [6.45, 7) is 1.52. The molecule has 2 heterocycles. The SMILES string of the molecule is C.COC[C@@H]1[C@H]2Cc3c(C(=O)O)n[nH]c3[C@@H]12.COC[C@H]1[C@H]2Cc3c(C(=O)O)n[nH]c3[C@H]21. The lowest BCUT2D eigenvalue weighted by Gasteiger charge is -2.01. The Balaban J connectivity index is 0.000000144. The molecule has 168 valence electrons. The molecule has 6 rings (SSSR count). The average Bonchev–Trinajstić information content (AvgIpc) is 3.21. The van der Waals surface area contributed by atoms with Crippen LogP contribution in [0.4, 0.5) is 0 Å². The van der Waals surface area contributed by atoms with Crippen molar-refractivity contribution in [2.45, 2.75) is 32.1 Å². The van der Waals surface area contributed by atoms with Gasteiger partial charge in [-0.25, -0.2) is 9.59 Å². The number of aromatic nitrogens is 4. The smallest absolute Gasteiger partial charge is 0.356 e.